The third-order valence-electron chi connectivity index (χ3n) is 2.58. The number of ether oxygens (including phenoxy) is 1. The maximum Gasteiger partial charge on any atom is 0.407 e. The van der Waals surface area contributed by atoms with Crippen LogP contribution in [0.2, 0.25) is 4.34 Å². The molecular weight excluding hydrogens is 334 g/mol. The highest BCUT2D eigenvalue weighted by Gasteiger charge is 2.31. The molecule has 0 radical (unpaired) electrons. The van der Waals surface area contributed by atoms with E-state index in [4.69, 9.17) is 16.3 Å². The lowest BCUT2D eigenvalue weighted by molar-refractivity contribution is -0.00518. The second-order valence-electron chi connectivity index (χ2n) is 5.96. The minimum Gasteiger partial charge on any atom is -0.444 e. The zero-order valence-electron chi connectivity index (χ0n) is 13.0. The summed E-state index contributed by atoms with van der Waals surface area (Å²) < 4.78 is 33.0. The van der Waals surface area contributed by atoms with Gasteiger partial charge in [0.1, 0.15) is 5.60 Å². The number of alkyl carbamates (subject to hydrolysis) is 1. The van der Waals surface area contributed by atoms with Crippen molar-refractivity contribution in [3.8, 4) is 0 Å². The van der Waals surface area contributed by atoms with Crippen molar-refractivity contribution in [2.24, 2.45) is 0 Å². The van der Waals surface area contributed by atoms with Gasteiger partial charge in [0.05, 0.1) is 17.4 Å². The van der Waals surface area contributed by atoms with Crippen LogP contribution in [0.1, 0.15) is 38.6 Å². The van der Waals surface area contributed by atoms with Crippen LogP contribution in [0.5, 0.6) is 0 Å². The van der Waals surface area contributed by atoms with Crippen molar-refractivity contribution >= 4 is 29.0 Å². The zero-order chi connectivity index (χ0) is 17.0. The van der Waals surface area contributed by atoms with Gasteiger partial charge in [0.25, 0.3) is 5.92 Å². The summed E-state index contributed by atoms with van der Waals surface area (Å²) in [4.78, 5) is 12.2. The topological polar surface area (TPSA) is 50.4 Å². The Morgan fingerprint density at radius 1 is 1.36 bits per heavy atom. The Morgan fingerprint density at radius 2 is 2.00 bits per heavy atom. The summed E-state index contributed by atoms with van der Waals surface area (Å²) in [5, 5.41) is 4.81. The molecule has 0 aromatic carbocycles. The Morgan fingerprint density at radius 3 is 2.50 bits per heavy atom. The molecule has 0 spiro atoms. The molecule has 0 aliphatic heterocycles. The van der Waals surface area contributed by atoms with Crippen LogP contribution in [0, 0.1) is 0 Å². The summed E-state index contributed by atoms with van der Waals surface area (Å²) >= 11 is 7.15. The molecule has 1 amide bonds. The van der Waals surface area contributed by atoms with E-state index in [1.807, 2.05) is 0 Å². The maximum atomic E-state index is 13.7. The van der Waals surface area contributed by atoms with Gasteiger partial charge in [-0.3, -0.25) is 0 Å². The van der Waals surface area contributed by atoms with Gasteiger partial charge in [0.2, 0.25) is 0 Å². The largest absolute Gasteiger partial charge is 0.444 e. The molecule has 0 saturated heterocycles. The van der Waals surface area contributed by atoms with Crippen LogP contribution in [0.3, 0.4) is 0 Å². The Hall–Kier alpha value is -0.920. The normalized spacial score (nSPS) is 13.8. The van der Waals surface area contributed by atoms with Crippen LogP contribution in [0.25, 0.3) is 0 Å². The predicted octanol–water partition coefficient (Wildman–Crippen LogP) is 4.21. The van der Waals surface area contributed by atoms with Gasteiger partial charge < -0.3 is 15.4 Å². The molecule has 1 unspecified atom stereocenters. The molecule has 4 nitrogen and oxygen atoms in total. The number of hydrogen-bond donors (Lipinski definition) is 2. The molecule has 8 heteroatoms. The molecule has 0 aliphatic rings. The molecule has 1 atom stereocenters. The first kappa shape index (κ1) is 19.1. The Balaban J connectivity index is 2.38. The second kappa shape index (κ2) is 7.57. The molecule has 0 aliphatic carbocycles. The lowest BCUT2D eigenvalue weighted by Gasteiger charge is -2.23. The highest BCUT2D eigenvalue weighted by atomic mass is 35.5. The minimum atomic E-state index is -3.08. The number of alkyl halides is 2. The molecule has 1 aromatic heterocycles. The fourth-order valence-electron chi connectivity index (χ4n) is 1.54. The van der Waals surface area contributed by atoms with E-state index >= 15 is 0 Å². The SMILES string of the molecule is CC(NCC(F)(F)CNC(=O)OC(C)(C)C)c1ccc(Cl)s1. The van der Waals surface area contributed by atoms with Crippen molar-refractivity contribution in [2.45, 2.75) is 45.3 Å². The van der Waals surface area contributed by atoms with Crippen LogP contribution in [-0.4, -0.2) is 30.7 Å². The fraction of sp³-hybridized carbons (Fsp3) is 0.643. The lowest BCUT2D eigenvalue weighted by Crippen LogP contribution is -2.45. The van der Waals surface area contributed by atoms with Crippen molar-refractivity contribution in [2.75, 3.05) is 13.1 Å². The average molecular weight is 355 g/mol. The summed E-state index contributed by atoms with van der Waals surface area (Å²) in [6.45, 7) is 5.44. The van der Waals surface area contributed by atoms with Gasteiger partial charge in [-0.15, -0.1) is 11.3 Å². The van der Waals surface area contributed by atoms with Crippen LogP contribution >= 0.6 is 22.9 Å². The van der Waals surface area contributed by atoms with E-state index in [9.17, 15) is 13.6 Å². The smallest absolute Gasteiger partial charge is 0.407 e. The number of carbonyl (C=O) groups excluding carboxylic acids is 1. The number of rotatable bonds is 6. The molecule has 1 aromatic rings. The van der Waals surface area contributed by atoms with Crippen molar-refractivity contribution in [1.82, 2.24) is 10.6 Å². The van der Waals surface area contributed by atoms with Gasteiger partial charge in [-0.2, -0.15) is 0 Å². The van der Waals surface area contributed by atoms with Crippen LogP contribution in [0.15, 0.2) is 12.1 Å². The van der Waals surface area contributed by atoms with Gasteiger partial charge in [-0.05, 0) is 39.8 Å². The first-order valence-electron chi connectivity index (χ1n) is 6.82. The van der Waals surface area contributed by atoms with Gasteiger partial charge in [0.15, 0.2) is 0 Å². The van der Waals surface area contributed by atoms with Crippen LogP contribution in [-0.2, 0) is 4.74 Å². The third kappa shape index (κ3) is 7.38. The Bertz CT molecular complexity index is 503. The Kier molecular flexibility index (Phi) is 6.58. The van der Waals surface area contributed by atoms with E-state index in [0.717, 1.165) is 4.88 Å². The molecular formula is C14H21ClF2N2O2S. The van der Waals surface area contributed by atoms with Crippen LogP contribution < -0.4 is 10.6 Å². The summed E-state index contributed by atoms with van der Waals surface area (Å²) in [6, 6.07) is 3.27. The van der Waals surface area contributed by atoms with Crippen molar-refractivity contribution in [1.29, 1.82) is 0 Å². The highest BCUT2D eigenvalue weighted by Crippen LogP contribution is 2.27. The van der Waals surface area contributed by atoms with E-state index in [1.54, 1.807) is 39.8 Å². The summed E-state index contributed by atoms with van der Waals surface area (Å²) in [7, 11) is 0. The molecule has 22 heavy (non-hydrogen) atoms. The molecule has 2 N–H and O–H groups in total. The third-order valence-corrected chi connectivity index (χ3v) is 3.99. The zero-order valence-corrected chi connectivity index (χ0v) is 14.6. The van der Waals surface area contributed by atoms with Crippen LogP contribution in [0.4, 0.5) is 13.6 Å². The van der Waals surface area contributed by atoms with Crippen molar-refractivity contribution < 1.29 is 18.3 Å². The fourth-order valence-corrected chi connectivity index (χ4v) is 2.63. The molecule has 1 heterocycles. The standard InChI is InChI=1S/C14H21ClF2N2O2S/c1-9(10-5-6-11(15)22-10)18-7-14(16,17)8-19-12(20)21-13(2,3)4/h5-6,9,18H,7-8H2,1-4H3,(H,19,20). The minimum absolute atomic E-state index is 0.245. The predicted molar refractivity (Wildman–Crippen MR) is 84.9 cm³/mol. The Labute approximate surface area is 138 Å². The maximum absolute atomic E-state index is 13.7. The summed E-state index contributed by atoms with van der Waals surface area (Å²) in [5.74, 6) is -3.08. The molecule has 1 rings (SSSR count). The number of nitrogens with one attached hydrogen (secondary N) is 2. The first-order valence-corrected chi connectivity index (χ1v) is 8.01. The van der Waals surface area contributed by atoms with Gasteiger partial charge >= 0.3 is 6.09 Å². The lowest BCUT2D eigenvalue weighted by atomic mass is 10.2. The molecule has 0 bridgehead atoms. The number of carbonyl (C=O) groups is 1. The highest BCUT2D eigenvalue weighted by molar-refractivity contribution is 7.16. The van der Waals surface area contributed by atoms with E-state index in [0.29, 0.717) is 4.34 Å². The monoisotopic (exact) mass is 354 g/mol. The molecule has 0 fully saturated rings. The number of amides is 1. The summed E-state index contributed by atoms with van der Waals surface area (Å²) in [5.41, 5.74) is -0.718. The molecule has 126 valence electrons. The average Bonchev–Trinajstić information content (AvgIpc) is 2.79. The summed E-state index contributed by atoms with van der Waals surface area (Å²) in [6.07, 6.45) is -0.856. The van der Waals surface area contributed by atoms with Crippen molar-refractivity contribution in [3.63, 3.8) is 0 Å². The van der Waals surface area contributed by atoms with E-state index < -0.39 is 30.7 Å². The molecule has 0 saturated carbocycles. The quantitative estimate of drug-likeness (QED) is 0.804. The first-order chi connectivity index (χ1) is 9.98. The van der Waals surface area contributed by atoms with Gasteiger partial charge in [0, 0.05) is 10.9 Å². The van der Waals surface area contributed by atoms with E-state index in [2.05, 4.69) is 10.6 Å². The number of thiophene rings is 1. The van der Waals surface area contributed by atoms with E-state index in [1.165, 1.54) is 11.3 Å². The van der Waals surface area contributed by atoms with E-state index in [-0.39, 0.29) is 6.04 Å². The number of halogens is 3. The second-order valence-corrected chi connectivity index (χ2v) is 7.70. The van der Waals surface area contributed by atoms with Crippen molar-refractivity contribution in [3.05, 3.63) is 21.3 Å². The van der Waals surface area contributed by atoms with Gasteiger partial charge in [-0.1, -0.05) is 11.6 Å². The van der Waals surface area contributed by atoms with Gasteiger partial charge in [-0.25, -0.2) is 13.6 Å². The number of hydrogen-bond acceptors (Lipinski definition) is 4.